The van der Waals surface area contributed by atoms with Crippen LogP contribution in [0.1, 0.15) is 49.3 Å². The van der Waals surface area contributed by atoms with Crippen LogP contribution in [0, 0.1) is 17.1 Å². The van der Waals surface area contributed by atoms with E-state index in [1.165, 1.54) is 29.0 Å². The number of carbonyl (C=O) groups is 2. The number of ether oxygens (including phenoxy) is 1. The Morgan fingerprint density at radius 2 is 1.91 bits per heavy atom. The second-order valence-electron chi connectivity index (χ2n) is 11.0. The van der Waals surface area contributed by atoms with Gasteiger partial charge in [0, 0.05) is 37.8 Å². The maximum absolute atomic E-state index is 15.2. The first-order valence-electron chi connectivity index (χ1n) is 14.4. The van der Waals surface area contributed by atoms with E-state index in [9.17, 15) is 14.9 Å². The van der Waals surface area contributed by atoms with E-state index in [0.717, 1.165) is 12.0 Å². The van der Waals surface area contributed by atoms with Gasteiger partial charge in [-0.1, -0.05) is 48.9 Å². The summed E-state index contributed by atoms with van der Waals surface area (Å²) < 4.78 is 20.7. The SMILES string of the molecule is C=C(CC)CCC(N)(c1cccc(C#N)c1)c1ccc(F)c(NC(=O)[C@H]2C[C@@H](OC)CN2C(=O)N(C)c2ccc(Cl)cc2)c1. The zero-order valence-corrected chi connectivity index (χ0v) is 25.9. The summed E-state index contributed by atoms with van der Waals surface area (Å²) in [5.74, 6) is -1.20. The van der Waals surface area contributed by atoms with E-state index >= 15 is 4.39 Å². The summed E-state index contributed by atoms with van der Waals surface area (Å²) in [5.41, 5.74) is 9.21. The summed E-state index contributed by atoms with van der Waals surface area (Å²) in [6.07, 6.45) is 1.71. The van der Waals surface area contributed by atoms with Crippen molar-refractivity contribution in [2.45, 2.75) is 50.3 Å². The molecule has 0 spiro atoms. The van der Waals surface area contributed by atoms with E-state index in [1.807, 2.05) is 13.0 Å². The van der Waals surface area contributed by atoms with Crippen LogP contribution in [0.15, 0.2) is 78.9 Å². The van der Waals surface area contributed by atoms with Gasteiger partial charge in [0.05, 0.1) is 29.0 Å². The van der Waals surface area contributed by atoms with Gasteiger partial charge in [0.15, 0.2) is 0 Å². The van der Waals surface area contributed by atoms with Crippen LogP contribution in [-0.2, 0) is 15.1 Å². The van der Waals surface area contributed by atoms with Crippen molar-refractivity contribution in [2.75, 3.05) is 30.9 Å². The summed E-state index contributed by atoms with van der Waals surface area (Å²) >= 11 is 6.00. The Morgan fingerprint density at radius 1 is 1.20 bits per heavy atom. The van der Waals surface area contributed by atoms with E-state index in [1.54, 1.807) is 55.6 Å². The van der Waals surface area contributed by atoms with Crippen LogP contribution in [0.25, 0.3) is 0 Å². The Hall–Kier alpha value is -4.23. The van der Waals surface area contributed by atoms with E-state index in [0.29, 0.717) is 40.2 Å². The molecule has 230 valence electrons. The number of likely N-dealkylation sites (tertiary alicyclic amines) is 1. The van der Waals surface area contributed by atoms with Crippen LogP contribution in [-0.4, -0.2) is 49.7 Å². The highest BCUT2D eigenvalue weighted by Gasteiger charge is 2.41. The number of anilines is 2. The van der Waals surface area contributed by atoms with Crippen LogP contribution in [0.4, 0.5) is 20.6 Å². The van der Waals surface area contributed by atoms with Crippen molar-refractivity contribution in [3.05, 3.63) is 106 Å². The first kappa shape index (κ1) is 32.7. The predicted octanol–water partition coefficient (Wildman–Crippen LogP) is 6.58. The smallest absolute Gasteiger partial charge is 0.324 e. The number of carbonyl (C=O) groups excluding carboxylic acids is 2. The molecule has 0 aromatic heterocycles. The Labute approximate surface area is 262 Å². The van der Waals surface area contributed by atoms with E-state index in [-0.39, 0.29) is 24.8 Å². The van der Waals surface area contributed by atoms with Crippen molar-refractivity contribution < 1.29 is 18.7 Å². The Kier molecular flexibility index (Phi) is 10.4. The summed E-state index contributed by atoms with van der Waals surface area (Å²) in [6, 6.07) is 19.0. The number of nitrogens with zero attached hydrogens (tertiary/aromatic N) is 3. The number of rotatable bonds is 10. The van der Waals surface area contributed by atoms with Crippen LogP contribution < -0.4 is 16.0 Å². The van der Waals surface area contributed by atoms with Gasteiger partial charge >= 0.3 is 6.03 Å². The minimum absolute atomic E-state index is 0.0626. The molecule has 4 rings (SSSR count). The Balaban J connectivity index is 1.64. The molecule has 1 saturated heterocycles. The van der Waals surface area contributed by atoms with Crippen molar-refractivity contribution in [2.24, 2.45) is 5.73 Å². The van der Waals surface area contributed by atoms with Gasteiger partial charge in [-0.2, -0.15) is 5.26 Å². The van der Waals surface area contributed by atoms with Crippen molar-refractivity contribution in [1.82, 2.24) is 4.90 Å². The van der Waals surface area contributed by atoms with Crippen LogP contribution in [0.2, 0.25) is 5.02 Å². The highest BCUT2D eigenvalue weighted by atomic mass is 35.5. The zero-order chi connectivity index (χ0) is 32.0. The minimum Gasteiger partial charge on any atom is -0.380 e. The fourth-order valence-electron chi connectivity index (χ4n) is 5.38. The predicted molar refractivity (Wildman–Crippen MR) is 171 cm³/mol. The third-order valence-corrected chi connectivity index (χ3v) is 8.52. The molecule has 3 aromatic rings. The minimum atomic E-state index is -1.10. The van der Waals surface area contributed by atoms with Crippen LogP contribution >= 0.6 is 11.6 Å². The number of amides is 3. The molecule has 3 amide bonds. The molecule has 3 aromatic carbocycles. The molecule has 1 aliphatic heterocycles. The van der Waals surface area contributed by atoms with Gasteiger partial charge < -0.3 is 20.7 Å². The number of nitrogens with one attached hydrogen (secondary N) is 1. The molecule has 10 heteroatoms. The summed E-state index contributed by atoms with van der Waals surface area (Å²) in [7, 11) is 3.13. The first-order chi connectivity index (χ1) is 21.0. The molecule has 44 heavy (non-hydrogen) atoms. The molecule has 1 unspecified atom stereocenters. The third-order valence-electron chi connectivity index (χ3n) is 8.26. The zero-order valence-electron chi connectivity index (χ0n) is 25.1. The fraction of sp³-hybridized carbons (Fsp3) is 0.324. The number of benzene rings is 3. The molecule has 1 heterocycles. The summed E-state index contributed by atoms with van der Waals surface area (Å²) in [5, 5.41) is 12.7. The van der Waals surface area contributed by atoms with Gasteiger partial charge in [-0.05, 0) is 78.9 Å². The molecule has 1 aliphatic rings. The molecule has 3 atom stereocenters. The summed E-state index contributed by atoms with van der Waals surface area (Å²) in [4.78, 5) is 30.1. The Morgan fingerprint density at radius 3 is 2.57 bits per heavy atom. The van der Waals surface area contributed by atoms with Crippen molar-refractivity contribution in [3.8, 4) is 6.07 Å². The lowest BCUT2D eigenvalue weighted by atomic mass is 9.78. The number of allylic oxidation sites excluding steroid dienone is 1. The second kappa shape index (κ2) is 14.0. The fourth-order valence-corrected chi connectivity index (χ4v) is 5.51. The monoisotopic (exact) mass is 617 g/mol. The molecular formula is C34H37ClFN5O3. The van der Waals surface area contributed by atoms with Gasteiger partial charge in [0.25, 0.3) is 0 Å². The standard InChI is InChI=1S/C34H37ClFN5O3/c1-5-22(2)15-16-34(38,24-8-6-7-23(17-24)20-37)25-9-14-29(36)30(18-25)39-32(42)31-19-28(44-4)21-41(31)33(43)40(3)27-12-10-26(35)11-13-27/h6-14,17-18,28,31H,2,5,15-16,19,21,38H2,1,3-4H3,(H,39,42)/t28-,31-,34?/m1/s1. The van der Waals surface area contributed by atoms with Gasteiger partial charge in [0.2, 0.25) is 5.91 Å². The lowest BCUT2D eigenvalue weighted by molar-refractivity contribution is -0.119. The maximum atomic E-state index is 15.2. The number of methoxy groups -OCH3 is 1. The molecule has 0 radical (unpaired) electrons. The molecule has 0 bridgehead atoms. The van der Waals surface area contributed by atoms with Crippen molar-refractivity contribution in [1.29, 1.82) is 5.26 Å². The van der Waals surface area contributed by atoms with E-state index in [2.05, 4.69) is 18.0 Å². The average molecular weight is 618 g/mol. The lowest BCUT2D eigenvalue weighted by Gasteiger charge is -2.32. The largest absolute Gasteiger partial charge is 0.380 e. The number of halogens is 2. The second-order valence-corrected chi connectivity index (χ2v) is 11.5. The maximum Gasteiger partial charge on any atom is 0.324 e. The number of nitrogens with two attached hydrogens (primary N) is 1. The normalized spacial score (nSPS) is 17.4. The van der Waals surface area contributed by atoms with Gasteiger partial charge in [-0.15, -0.1) is 0 Å². The highest BCUT2D eigenvalue weighted by molar-refractivity contribution is 6.30. The highest BCUT2D eigenvalue weighted by Crippen LogP contribution is 2.36. The molecule has 0 saturated carbocycles. The Bertz CT molecular complexity index is 1570. The number of hydrogen-bond donors (Lipinski definition) is 2. The topological polar surface area (TPSA) is 112 Å². The van der Waals surface area contributed by atoms with Crippen molar-refractivity contribution in [3.63, 3.8) is 0 Å². The quantitative estimate of drug-likeness (QED) is 0.250. The van der Waals surface area contributed by atoms with Crippen LogP contribution in [0.3, 0.4) is 0 Å². The van der Waals surface area contributed by atoms with E-state index in [4.69, 9.17) is 22.1 Å². The summed E-state index contributed by atoms with van der Waals surface area (Å²) in [6.45, 7) is 6.31. The van der Waals surface area contributed by atoms with E-state index < -0.39 is 29.3 Å². The third kappa shape index (κ3) is 7.11. The number of nitriles is 1. The molecule has 0 aliphatic carbocycles. The van der Waals surface area contributed by atoms with Gasteiger partial charge in [-0.25, -0.2) is 9.18 Å². The van der Waals surface area contributed by atoms with Gasteiger partial charge in [0.1, 0.15) is 11.9 Å². The average Bonchev–Trinajstić information content (AvgIpc) is 3.49. The molecular weight excluding hydrogens is 581 g/mol. The lowest BCUT2D eigenvalue weighted by Crippen LogP contribution is -2.48. The molecule has 3 N–H and O–H groups in total. The molecule has 1 fully saturated rings. The molecule has 8 nitrogen and oxygen atoms in total. The first-order valence-corrected chi connectivity index (χ1v) is 14.8. The van der Waals surface area contributed by atoms with Crippen LogP contribution in [0.5, 0.6) is 0 Å². The number of hydrogen-bond acceptors (Lipinski definition) is 5. The van der Waals surface area contributed by atoms with Gasteiger partial charge in [-0.3, -0.25) is 9.69 Å². The van der Waals surface area contributed by atoms with Crippen molar-refractivity contribution >= 4 is 34.9 Å². The number of urea groups is 1.